The summed E-state index contributed by atoms with van der Waals surface area (Å²) in [5.41, 5.74) is 0. The molecule has 0 atom stereocenters. The molecule has 6 heavy (non-hydrogen) atoms. The number of nitrogens with zero attached hydrogens (tertiary/aromatic N) is 1. The Labute approximate surface area is 37.8 Å². The topological polar surface area (TPSA) is 20.3 Å². The highest BCUT2D eigenvalue weighted by molar-refractivity contribution is 5.72. The van der Waals surface area contributed by atoms with Crippen molar-refractivity contribution in [2.75, 3.05) is 14.1 Å². The molecule has 0 bridgehead atoms. The molecule has 1 amide bonds. The Balaban J connectivity index is 3.26. The molecule has 0 aromatic rings. The second kappa shape index (κ2) is 1.80. The van der Waals surface area contributed by atoms with E-state index in [-0.39, 0.29) is 5.91 Å². The van der Waals surface area contributed by atoms with Crippen molar-refractivity contribution in [2.24, 2.45) is 0 Å². The van der Waals surface area contributed by atoms with Gasteiger partial charge in [-0.1, -0.05) is 0 Å². The van der Waals surface area contributed by atoms with Crippen LogP contribution in [0.1, 0.15) is 6.92 Å². The van der Waals surface area contributed by atoms with Crippen molar-refractivity contribution in [1.29, 1.82) is 0 Å². The normalized spacial score (nSPS) is 7.83. The predicted octanol–water partition coefficient (Wildman–Crippen LogP) is 0.0945. The number of rotatable bonds is 0. The third kappa shape index (κ3) is 1.76. The smallest absolute Gasteiger partial charge is 0.218 e. The summed E-state index contributed by atoms with van der Waals surface area (Å²) in [5.74, 6) is 0.0926. The van der Waals surface area contributed by atoms with Crippen LogP contribution >= 0.6 is 0 Å². The highest BCUT2D eigenvalue weighted by Crippen LogP contribution is 1.69. The van der Waals surface area contributed by atoms with Crippen LogP contribution in [0.3, 0.4) is 0 Å². The van der Waals surface area contributed by atoms with Crippen molar-refractivity contribution < 1.29 is 4.79 Å². The first-order chi connectivity index (χ1) is 2.64. The first-order valence-electron chi connectivity index (χ1n) is 1.82. The molecule has 36 valence electrons. The Bertz CT molecular complexity index is 58.6. The van der Waals surface area contributed by atoms with Gasteiger partial charge in [0.2, 0.25) is 5.91 Å². The maximum atomic E-state index is 10.1. The van der Waals surface area contributed by atoms with Crippen molar-refractivity contribution >= 4 is 5.91 Å². The van der Waals surface area contributed by atoms with Crippen LogP contribution in [0.2, 0.25) is 0 Å². The summed E-state index contributed by atoms with van der Waals surface area (Å²) in [6, 6.07) is 0. The molecule has 0 saturated carbocycles. The van der Waals surface area contributed by atoms with Crippen LogP contribution in [0.25, 0.3) is 0 Å². The first kappa shape index (κ1) is 5.47. The van der Waals surface area contributed by atoms with Gasteiger partial charge in [-0.05, 0) is 0 Å². The third-order valence-corrected chi connectivity index (χ3v) is 0.630. The van der Waals surface area contributed by atoms with Gasteiger partial charge < -0.3 is 4.90 Å². The lowest BCUT2D eigenvalue weighted by Gasteiger charge is -2.02. The zero-order valence-electron chi connectivity index (χ0n) is 4.36. The molecule has 0 aromatic heterocycles. The highest BCUT2D eigenvalue weighted by atomic mass is 16.2. The summed E-state index contributed by atoms with van der Waals surface area (Å²) in [4.78, 5) is 11.6. The van der Waals surface area contributed by atoms with Crippen molar-refractivity contribution in [1.82, 2.24) is 4.90 Å². The fourth-order valence-corrected chi connectivity index (χ4v) is 0. The quantitative estimate of drug-likeness (QED) is 0.385. The van der Waals surface area contributed by atoms with Crippen LogP contribution in [0.5, 0.6) is 0 Å². The van der Waals surface area contributed by atoms with Gasteiger partial charge in [-0.15, -0.1) is 0 Å². The molecule has 0 heterocycles. The van der Waals surface area contributed by atoms with E-state index >= 15 is 0 Å². The Morgan fingerprint density at radius 1 is 1.50 bits per heavy atom. The van der Waals surface area contributed by atoms with E-state index < -0.39 is 0 Å². The summed E-state index contributed by atoms with van der Waals surface area (Å²) >= 11 is 0. The summed E-state index contributed by atoms with van der Waals surface area (Å²) < 4.78 is 0. The lowest BCUT2D eigenvalue weighted by molar-refractivity contribution is -0.126. The number of carbonyl (C=O) groups excluding carboxylic acids is 1. The van der Waals surface area contributed by atoms with Crippen molar-refractivity contribution in [3.05, 3.63) is 0 Å². The molecule has 0 aliphatic heterocycles. The summed E-state index contributed by atoms with van der Waals surface area (Å²) in [6.45, 7) is 1.53. The maximum Gasteiger partial charge on any atom is 0.218 e. The van der Waals surface area contributed by atoms with Crippen LogP contribution < -0.4 is 0 Å². The standard InChI is InChI=1S/C4H9NO/c1-4(6)5(2)3/h1-3H3/i2+1,3+1. The van der Waals surface area contributed by atoms with E-state index in [4.69, 9.17) is 0 Å². The second-order valence-electron chi connectivity index (χ2n) is 1.41. The van der Waals surface area contributed by atoms with Gasteiger partial charge in [-0.2, -0.15) is 0 Å². The molecule has 0 fully saturated rings. The van der Waals surface area contributed by atoms with Gasteiger partial charge in [-0.25, -0.2) is 0 Å². The van der Waals surface area contributed by atoms with E-state index in [0.717, 1.165) is 0 Å². The minimum absolute atomic E-state index is 0.0926. The molecular formula is C4H9NO. The first-order valence-corrected chi connectivity index (χ1v) is 1.82. The lowest BCUT2D eigenvalue weighted by atomic mass is 10.7. The molecule has 2 nitrogen and oxygen atoms in total. The summed E-state index contributed by atoms with van der Waals surface area (Å²) in [6.07, 6.45) is 0. The van der Waals surface area contributed by atoms with Crippen LogP contribution in [0.15, 0.2) is 0 Å². The molecule has 0 aliphatic carbocycles. The van der Waals surface area contributed by atoms with Gasteiger partial charge in [0.1, 0.15) is 0 Å². The maximum absolute atomic E-state index is 10.1. The minimum atomic E-state index is 0.0926. The van der Waals surface area contributed by atoms with Crippen LogP contribution in [0.4, 0.5) is 0 Å². The largest absolute Gasteiger partial charge is 0.349 e. The third-order valence-electron chi connectivity index (χ3n) is 0.630. The Hall–Kier alpha value is -0.530. The zero-order chi connectivity index (χ0) is 5.15. The highest BCUT2D eigenvalue weighted by Gasteiger charge is 1.87. The number of carbonyl (C=O) groups is 1. The molecule has 0 spiro atoms. The average Bonchev–Trinajstić information content (AvgIpc) is 1.36. The molecule has 0 radical (unpaired) electrons. The van der Waals surface area contributed by atoms with E-state index in [0.29, 0.717) is 0 Å². The predicted molar refractivity (Wildman–Crippen MR) is 24.4 cm³/mol. The fourth-order valence-electron chi connectivity index (χ4n) is 0. The SMILES string of the molecule is CC(=O)N([13CH3])[13CH3]. The van der Waals surface area contributed by atoms with Crippen LogP contribution in [-0.4, -0.2) is 24.9 Å². The molecular weight excluding hydrogens is 80.0 g/mol. The number of hydrogen-bond acceptors (Lipinski definition) is 1. The van der Waals surface area contributed by atoms with E-state index in [1.54, 1.807) is 14.1 Å². The fraction of sp³-hybridized carbons (Fsp3) is 0.750. The Morgan fingerprint density at radius 2 is 1.67 bits per heavy atom. The monoisotopic (exact) mass is 89.1 g/mol. The van der Waals surface area contributed by atoms with E-state index in [2.05, 4.69) is 0 Å². The van der Waals surface area contributed by atoms with Gasteiger partial charge in [-0.3, -0.25) is 4.79 Å². The van der Waals surface area contributed by atoms with Gasteiger partial charge in [0.25, 0.3) is 0 Å². The minimum Gasteiger partial charge on any atom is -0.349 e. The molecule has 2 heteroatoms. The molecule has 0 N–H and O–H groups in total. The van der Waals surface area contributed by atoms with E-state index in [9.17, 15) is 4.79 Å². The van der Waals surface area contributed by atoms with Crippen LogP contribution in [-0.2, 0) is 4.79 Å². The van der Waals surface area contributed by atoms with E-state index in [1.807, 2.05) is 0 Å². The van der Waals surface area contributed by atoms with Crippen LogP contribution in [0, 0.1) is 0 Å². The molecule has 0 aliphatic rings. The average molecular weight is 89.1 g/mol. The number of amides is 1. The van der Waals surface area contributed by atoms with Gasteiger partial charge in [0.15, 0.2) is 0 Å². The Morgan fingerprint density at radius 3 is 1.67 bits per heavy atom. The summed E-state index contributed by atoms with van der Waals surface area (Å²) in [5, 5.41) is 0. The Kier molecular flexibility index (Phi) is 1.64. The van der Waals surface area contributed by atoms with Crippen molar-refractivity contribution in [3.63, 3.8) is 0 Å². The van der Waals surface area contributed by atoms with Gasteiger partial charge >= 0.3 is 0 Å². The van der Waals surface area contributed by atoms with Gasteiger partial charge in [0.05, 0.1) is 0 Å². The number of hydrogen-bond donors (Lipinski definition) is 0. The van der Waals surface area contributed by atoms with Crippen molar-refractivity contribution in [3.8, 4) is 0 Å². The van der Waals surface area contributed by atoms with E-state index in [1.165, 1.54) is 11.8 Å². The second-order valence-corrected chi connectivity index (χ2v) is 1.41. The van der Waals surface area contributed by atoms with Gasteiger partial charge in [0, 0.05) is 21.0 Å². The lowest BCUT2D eigenvalue weighted by Crippen LogP contribution is -2.17. The molecule has 0 aromatic carbocycles. The molecule has 0 rings (SSSR count). The van der Waals surface area contributed by atoms with Crippen molar-refractivity contribution in [2.45, 2.75) is 6.92 Å². The zero-order valence-corrected chi connectivity index (χ0v) is 4.36. The summed E-state index contributed by atoms with van der Waals surface area (Å²) in [7, 11) is 3.45. The molecule has 0 unspecified atom stereocenters. The molecule has 0 saturated heterocycles.